The summed E-state index contributed by atoms with van der Waals surface area (Å²) in [6.45, 7) is 2.44. The summed E-state index contributed by atoms with van der Waals surface area (Å²) in [5, 5.41) is 4.20. The number of aromatic nitrogens is 4. The highest BCUT2D eigenvalue weighted by molar-refractivity contribution is 5.82. The van der Waals surface area contributed by atoms with Gasteiger partial charge in [0.2, 0.25) is 5.91 Å². The quantitative estimate of drug-likeness (QED) is 0.625. The molecule has 0 bridgehead atoms. The Hall–Kier alpha value is -3.16. The largest absolute Gasteiger partial charge is 0.495 e. The summed E-state index contributed by atoms with van der Waals surface area (Å²) in [5.74, 6) is 2.16. The first-order chi connectivity index (χ1) is 14.7. The van der Waals surface area contributed by atoms with Gasteiger partial charge in [-0.05, 0) is 49.4 Å². The van der Waals surface area contributed by atoms with E-state index in [0.29, 0.717) is 5.91 Å². The van der Waals surface area contributed by atoms with Crippen LogP contribution in [0.15, 0.2) is 43.0 Å². The normalized spacial score (nSPS) is 21.3. The number of ether oxygens (including phenoxy) is 1. The van der Waals surface area contributed by atoms with Crippen molar-refractivity contribution in [2.75, 3.05) is 31.6 Å². The Morgan fingerprint density at radius 3 is 2.97 bits per heavy atom. The van der Waals surface area contributed by atoms with Crippen molar-refractivity contribution >= 4 is 17.4 Å². The summed E-state index contributed by atoms with van der Waals surface area (Å²) >= 11 is 0. The molecule has 0 unspecified atom stereocenters. The number of carbonyl (C=O) groups is 1. The lowest BCUT2D eigenvalue weighted by molar-refractivity contribution is -0.132. The molecule has 0 spiro atoms. The van der Waals surface area contributed by atoms with Gasteiger partial charge in [-0.25, -0.2) is 14.5 Å². The molecule has 8 heteroatoms. The molecular formula is C22H26N6O2. The minimum Gasteiger partial charge on any atom is -0.495 e. The SMILES string of the molecule is COc1ccc(N2CCN3C(=O)[C@@H](CCCc4cccn5ncnc45)C[C@H]3C2)nc1. The van der Waals surface area contributed by atoms with Crippen LogP contribution in [-0.4, -0.2) is 63.2 Å². The van der Waals surface area contributed by atoms with Gasteiger partial charge in [-0.2, -0.15) is 5.10 Å². The van der Waals surface area contributed by atoms with Gasteiger partial charge in [-0.3, -0.25) is 4.79 Å². The first-order valence-electron chi connectivity index (χ1n) is 10.6. The fourth-order valence-electron chi connectivity index (χ4n) is 4.78. The van der Waals surface area contributed by atoms with Crippen molar-refractivity contribution in [2.24, 2.45) is 5.92 Å². The maximum atomic E-state index is 12.9. The number of aryl methyl sites for hydroxylation is 1. The molecule has 0 saturated carbocycles. The number of piperazine rings is 1. The standard InChI is InChI=1S/C22H26N6O2/c1-30-19-7-8-20(23-13-19)26-10-11-27-18(14-26)12-17(22(27)29)5-2-4-16-6-3-9-28-21(16)24-15-25-28/h3,6-9,13,15,17-18H,2,4-5,10-12,14H2,1H3/t17-,18-/m0/s1. The summed E-state index contributed by atoms with van der Waals surface area (Å²) in [4.78, 5) is 26.2. The van der Waals surface area contributed by atoms with Crippen LogP contribution in [-0.2, 0) is 11.2 Å². The average Bonchev–Trinajstić information content (AvgIpc) is 3.39. The van der Waals surface area contributed by atoms with Crippen molar-refractivity contribution in [1.82, 2.24) is 24.5 Å². The van der Waals surface area contributed by atoms with Gasteiger partial charge < -0.3 is 14.5 Å². The number of hydrogen-bond donors (Lipinski definition) is 0. The van der Waals surface area contributed by atoms with Gasteiger partial charge in [0, 0.05) is 31.7 Å². The van der Waals surface area contributed by atoms with Gasteiger partial charge in [0.15, 0.2) is 5.65 Å². The smallest absolute Gasteiger partial charge is 0.226 e. The number of anilines is 1. The van der Waals surface area contributed by atoms with Crippen LogP contribution in [0.5, 0.6) is 5.75 Å². The van der Waals surface area contributed by atoms with Gasteiger partial charge in [0.05, 0.1) is 19.3 Å². The maximum Gasteiger partial charge on any atom is 0.226 e. The molecule has 2 fully saturated rings. The van der Waals surface area contributed by atoms with E-state index < -0.39 is 0 Å². The van der Waals surface area contributed by atoms with Gasteiger partial charge in [-0.15, -0.1) is 0 Å². The number of rotatable bonds is 6. The lowest BCUT2D eigenvalue weighted by Crippen LogP contribution is -2.51. The van der Waals surface area contributed by atoms with E-state index >= 15 is 0 Å². The van der Waals surface area contributed by atoms with Crippen molar-refractivity contribution in [3.05, 3.63) is 48.5 Å². The zero-order valence-electron chi connectivity index (χ0n) is 17.1. The molecule has 30 heavy (non-hydrogen) atoms. The first kappa shape index (κ1) is 18.8. The van der Waals surface area contributed by atoms with Gasteiger partial charge in [-0.1, -0.05) is 6.07 Å². The molecule has 156 valence electrons. The summed E-state index contributed by atoms with van der Waals surface area (Å²) < 4.78 is 7.00. The number of hydrogen-bond acceptors (Lipinski definition) is 6. The highest BCUT2D eigenvalue weighted by Crippen LogP contribution is 2.32. The third-order valence-electron chi connectivity index (χ3n) is 6.34. The second-order valence-corrected chi connectivity index (χ2v) is 8.07. The molecule has 5 heterocycles. The lowest BCUT2D eigenvalue weighted by Gasteiger charge is -2.38. The summed E-state index contributed by atoms with van der Waals surface area (Å²) in [6.07, 6.45) is 8.99. The third-order valence-corrected chi connectivity index (χ3v) is 6.34. The molecule has 5 rings (SSSR count). The number of carbonyl (C=O) groups excluding carboxylic acids is 1. The van der Waals surface area contributed by atoms with Crippen LogP contribution >= 0.6 is 0 Å². The van der Waals surface area contributed by atoms with Crippen LogP contribution in [0.25, 0.3) is 5.65 Å². The molecule has 3 aromatic heterocycles. The van der Waals surface area contributed by atoms with Crippen LogP contribution in [0.2, 0.25) is 0 Å². The maximum absolute atomic E-state index is 12.9. The molecule has 0 radical (unpaired) electrons. The number of amides is 1. The van der Waals surface area contributed by atoms with E-state index in [-0.39, 0.29) is 12.0 Å². The Morgan fingerprint density at radius 2 is 2.13 bits per heavy atom. The number of pyridine rings is 2. The molecule has 2 atom stereocenters. The Kier molecular flexibility index (Phi) is 4.98. The van der Waals surface area contributed by atoms with Crippen LogP contribution in [0.1, 0.15) is 24.8 Å². The van der Waals surface area contributed by atoms with E-state index in [9.17, 15) is 4.79 Å². The molecule has 2 aliphatic heterocycles. The first-order valence-corrected chi connectivity index (χ1v) is 10.6. The predicted octanol–water partition coefficient (Wildman–Crippen LogP) is 2.19. The topological polar surface area (TPSA) is 75.9 Å². The summed E-state index contributed by atoms with van der Waals surface area (Å²) in [7, 11) is 1.65. The van der Waals surface area contributed by atoms with Gasteiger partial charge >= 0.3 is 0 Å². The monoisotopic (exact) mass is 406 g/mol. The molecule has 0 aliphatic carbocycles. The Bertz CT molecular complexity index is 1030. The minimum absolute atomic E-state index is 0.122. The molecule has 2 saturated heterocycles. The van der Waals surface area contributed by atoms with E-state index in [2.05, 4.69) is 30.9 Å². The van der Waals surface area contributed by atoms with Crippen LogP contribution < -0.4 is 9.64 Å². The molecule has 0 aromatic carbocycles. The van der Waals surface area contributed by atoms with Crippen molar-refractivity contribution in [3.63, 3.8) is 0 Å². The molecule has 3 aromatic rings. The number of nitrogens with zero attached hydrogens (tertiary/aromatic N) is 6. The number of fused-ring (bicyclic) bond motifs is 2. The molecule has 8 nitrogen and oxygen atoms in total. The van der Waals surface area contributed by atoms with Crippen LogP contribution in [0.3, 0.4) is 0 Å². The molecule has 0 N–H and O–H groups in total. The second kappa shape index (κ2) is 7.93. The van der Waals surface area contributed by atoms with E-state index in [0.717, 1.165) is 62.5 Å². The fraction of sp³-hybridized carbons (Fsp3) is 0.455. The zero-order chi connectivity index (χ0) is 20.5. The van der Waals surface area contributed by atoms with Gasteiger partial charge in [0.1, 0.15) is 17.9 Å². The van der Waals surface area contributed by atoms with E-state index in [4.69, 9.17) is 4.74 Å². The summed E-state index contributed by atoms with van der Waals surface area (Å²) in [5.41, 5.74) is 2.10. The Labute approximate surface area is 175 Å². The Balaban J connectivity index is 1.18. The minimum atomic E-state index is 0.122. The molecule has 1 amide bonds. The van der Waals surface area contributed by atoms with E-state index in [1.807, 2.05) is 24.4 Å². The van der Waals surface area contributed by atoms with Crippen molar-refractivity contribution in [1.29, 1.82) is 0 Å². The summed E-state index contributed by atoms with van der Waals surface area (Å²) in [6, 6.07) is 8.31. The fourth-order valence-corrected chi connectivity index (χ4v) is 4.78. The predicted molar refractivity (Wildman–Crippen MR) is 113 cm³/mol. The van der Waals surface area contributed by atoms with Gasteiger partial charge in [0.25, 0.3) is 0 Å². The zero-order valence-corrected chi connectivity index (χ0v) is 17.1. The highest BCUT2D eigenvalue weighted by atomic mass is 16.5. The van der Waals surface area contributed by atoms with Crippen molar-refractivity contribution < 1.29 is 9.53 Å². The highest BCUT2D eigenvalue weighted by Gasteiger charge is 2.42. The van der Waals surface area contributed by atoms with Crippen LogP contribution in [0, 0.1) is 5.92 Å². The van der Waals surface area contributed by atoms with E-state index in [1.165, 1.54) is 5.56 Å². The van der Waals surface area contributed by atoms with Crippen LogP contribution in [0.4, 0.5) is 5.82 Å². The lowest BCUT2D eigenvalue weighted by atomic mass is 9.96. The average molecular weight is 406 g/mol. The van der Waals surface area contributed by atoms with E-state index in [1.54, 1.807) is 24.1 Å². The Morgan fingerprint density at radius 1 is 1.20 bits per heavy atom. The number of methoxy groups -OCH3 is 1. The second-order valence-electron chi connectivity index (χ2n) is 8.07. The van der Waals surface area contributed by atoms with Crippen molar-refractivity contribution in [2.45, 2.75) is 31.7 Å². The molecular weight excluding hydrogens is 380 g/mol. The third kappa shape index (κ3) is 3.46. The van der Waals surface area contributed by atoms with Crippen molar-refractivity contribution in [3.8, 4) is 5.75 Å². The molecule has 2 aliphatic rings.